The second-order valence-corrected chi connectivity index (χ2v) is 5.79. The first kappa shape index (κ1) is 15.5. The highest BCUT2D eigenvalue weighted by atomic mass is 35.5. The quantitative estimate of drug-likeness (QED) is 0.847. The van der Waals surface area contributed by atoms with E-state index >= 15 is 0 Å². The highest BCUT2D eigenvalue weighted by Crippen LogP contribution is 2.14. The van der Waals surface area contributed by atoms with Gasteiger partial charge in [-0.1, -0.05) is 60.2 Å². The van der Waals surface area contributed by atoms with Crippen LogP contribution in [-0.2, 0) is 11.3 Å². The molecule has 0 amide bonds. The molecule has 3 heteroatoms. The number of carbonyl (C=O) groups excluding carboxylic acids is 1. The van der Waals surface area contributed by atoms with E-state index < -0.39 is 0 Å². The molecular weight excluding hydrogens is 306 g/mol. The summed E-state index contributed by atoms with van der Waals surface area (Å²) in [6.45, 7) is 0.813. The third-order valence-corrected chi connectivity index (χ3v) is 4.08. The van der Waals surface area contributed by atoms with Crippen molar-refractivity contribution in [3.05, 3.63) is 107 Å². The Morgan fingerprint density at radius 1 is 0.957 bits per heavy atom. The minimum Gasteiger partial charge on any atom is -0.289 e. The fourth-order valence-corrected chi connectivity index (χ4v) is 2.62. The summed E-state index contributed by atoms with van der Waals surface area (Å²) in [5, 5.41) is 0.795. The number of hydrogen-bond acceptors (Lipinski definition) is 1. The molecule has 1 aromatic carbocycles. The average molecular weight is 323 g/mol. The number of rotatable bonds is 3. The van der Waals surface area contributed by atoms with Crippen LogP contribution >= 0.6 is 11.6 Å². The van der Waals surface area contributed by atoms with Gasteiger partial charge in [0.25, 0.3) is 0 Å². The second-order valence-electron chi connectivity index (χ2n) is 5.38. The molecule has 1 aromatic rings. The van der Waals surface area contributed by atoms with Gasteiger partial charge in [0, 0.05) is 16.2 Å². The maximum absolute atomic E-state index is 11.7. The van der Waals surface area contributed by atoms with E-state index in [4.69, 9.17) is 11.6 Å². The van der Waals surface area contributed by atoms with Crippen LogP contribution in [0, 0.1) is 0 Å². The molecule has 0 atom stereocenters. The Morgan fingerprint density at radius 2 is 1.70 bits per heavy atom. The first-order chi connectivity index (χ1) is 11.2. The fourth-order valence-electron chi connectivity index (χ4n) is 2.41. The largest absolute Gasteiger partial charge is 0.289 e. The lowest BCUT2D eigenvalue weighted by Crippen LogP contribution is -3.01. The van der Waals surface area contributed by atoms with E-state index in [0.717, 1.165) is 22.7 Å². The number of benzene rings is 1. The van der Waals surface area contributed by atoms with Crippen LogP contribution < -0.4 is 4.90 Å². The Balaban J connectivity index is 1.66. The lowest BCUT2D eigenvalue weighted by molar-refractivity contribution is -0.806. The maximum Gasteiger partial charge on any atom is 0.185 e. The number of allylic oxidation sites excluding steroid dienone is 10. The van der Waals surface area contributed by atoms with Gasteiger partial charge in [-0.05, 0) is 29.9 Å². The molecule has 0 radical (unpaired) electrons. The van der Waals surface area contributed by atoms with Gasteiger partial charge in [-0.3, -0.25) is 9.69 Å². The van der Waals surface area contributed by atoms with Crippen LogP contribution in [0.25, 0.3) is 0 Å². The van der Waals surface area contributed by atoms with E-state index in [0.29, 0.717) is 5.57 Å². The van der Waals surface area contributed by atoms with E-state index in [1.54, 1.807) is 12.2 Å². The van der Waals surface area contributed by atoms with Gasteiger partial charge in [0.2, 0.25) is 0 Å². The van der Waals surface area contributed by atoms with Crippen molar-refractivity contribution in [1.82, 2.24) is 0 Å². The number of ketones is 1. The zero-order valence-electron chi connectivity index (χ0n) is 12.6. The smallest absolute Gasteiger partial charge is 0.185 e. The van der Waals surface area contributed by atoms with Gasteiger partial charge in [0.1, 0.15) is 6.54 Å². The molecule has 0 bridgehead atoms. The van der Waals surface area contributed by atoms with E-state index in [2.05, 4.69) is 24.6 Å². The predicted molar refractivity (Wildman–Crippen MR) is 93.9 cm³/mol. The first-order valence-corrected chi connectivity index (χ1v) is 7.86. The third kappa shape index (κ3) is 4.07. The maximum atomic E-state index is 11.7. The Morgan fingerprint density at radius 3 is 2.43 bits per heavy atom. The summed E-state index contributed by atoms with van der Waals surface area (Å²) in [7, 11) is 0. The fraction of sp³-hybridized carbons (Fsp3) is 0.0500. The highest BCUT2D eigenvalue weighted by Gasteiger charge is 2.10. The Labute approximate surface area is 141 Å². The van der Waals surface area contributed by atoms with Crippen molar-refractivity contribution in [1.29, 1.82) is 0 Å². The van der Waals surface area contributed by atoms with Crippen LogP contribution in [0.5, 0.6) is 0 Å². The van der Waals surface area contributed by atoms with Crippen LogP contribution in [0.15, 0.2) is 96.4 Å². The van der Waals surface area contributed by atoms with Gasteiger partial charge in [0.05, 0.1) is 12.4 Å². The summed E-state index contributed by atoms with van der Waals surface area (Å²) < 4.78 is 0. The number of hydrogen-bond donors (Lipinski definition) is 1. The molecule has 0 fully saturated rings. The number of carbonyl (C=O) groups is 1. The summed E-state index contributed by atoms with van der Waals surface area (Å²) in [4.78, 5) is 12.9. The van der Waals surface area contributed by atoms with Crippen molar-refractivity contribution in [2.24, 2.45) is 0 Å². The van der Waals surface area contributed by atoms with Gasteiger partial charge in [-0.25, -0.2) is 0 Å². The Bertz CT molecular complexity index is 778. The molecule has 23 heavy (non-hydrogen) atoms. The molecule has 1 N–H and O–H groups in total. The van der Waals surface area contributed by atoms with Crippen molar-refractivity contribution in [2.75, 3.05) is 0 Å². The van der Waals surface area contributed by atoms with Crippen LogP contribution in [-0.4, -0.2) is 5.78 Å². The molecule has 114 valence electrons. The van der Waals surface area contributed by atoms with E-state index in [9.17, 15) is 4.79 Å². The third-order valence-electron chi connectivity index (χ3n) is 3.71. The van der Waals surface area contributed by atoms with Gasteiger partial charge >= 0.3 is 0 Å². The first-order valence-electron chi connectivity index (χ1n) is 7.49. The summed E-state index contributed by atoms with van der Waals surface area (Å²) >= 11 is 6.20. The molecule has 1 aliphatic heterocycles. The second kappa shape index (κ2) is 7.23. The lowest BCUT2D eigenvalue weighted by Gasteiger charge is -2.13. The van der Waals surface area contributed by atoms with Crippen molar-refractivity contribution < 1.29 is 9.69 Å². The molecule has 0 saturated carbocycles. The number of quaternary nitrogens is 1. The summed E-state index contributed by atoms with van der Waals surface area (Å²) in [6, 6.07) is 7.89. The molecule has 0 unspecified atom stereocenters. The highest BCUT2D eigenvalue weighted by molar-refractivity contribution is 6.31. The van der Waals surface area contributed by atoms with E-state index in [1.807, 2.05) is 48.6 Å². The molecular formula is C20H17ClNO+. The van der Waals surface area contributed by atoms with Crippen molar-refractivity contribution in [2.45, 2.75) is 6.54 Å². The molecule has 0 spiro atoms. The van der Waals surface area contributed by atoms with Crippen LogP contribution in [0.4, 0.5) is 0 Å². The Hall–Kier alpha value is -2.42. The summed E-state index contributed by atoms with van der Waals surface area (Å²) in [5.41, 5.74) is 2.89. The standard InChI is InChI=1S/C20H16ClNO/c21-19-7-3-1-6-18(19)15-22-13-11-16(12-14-22)9-10-17-5-2-4-8-20(17)23/h1-14H,15H2/p+1. The predicted octanol–water partition coefficient (Wildman–Crippen LogP) is 3.31. The average Bonchev–Trinajstić information content (AvgIpc) is 2.57. The molecule has 0 saturated heterocycles. The minimum atomic E-state index is 0.0408. The zero-order chi connectivity index (χ0) is 16.1. The van der Waals surface area contributed by atoms with Crippen molar-refractivity contribution >= 4 is 17.4 Å². The van der Waals surface area contributed by atoms with Crippen LogP contribution in [0.2, 0.25) is 5.02 Å². The molecule has 0 aromatic heterocycles. The van der Waals surface area contributed by atoms with Crippen molar-refractivity contribution in [3.8, 4) is 0 Å². The van der Waals surface area contributed by atoms with Gasteiger partial charge in [0.15, 0.2) is 5.78 Å². The van der Waals surface area contributed by atoms with Gasteiger partial charge in [-0.15, -0.1) is 0 Å². The summed E-state index contributed by atoms with van der Waals surface area (Å²) in [6.07, 6.45) is 19.1. The molecule has 3 rings (SSSR count). The van der Waals surface area contributed by atoms with Crippen LogP contribution in [0.1, 0.15) is 5.56 Å². The van der Waals surface area contributed by atoms with Gasteiger partial charge < -0.3 is 0 Å². The number of nitrogens with one attached hydrogen (secondary N) is 1. The van der Waals surface area contributed by atoms with E-state index in [-0.39, 0.29) is 5.78 Å². The lowest BCUT2D eigenvalue weighted by atomic mass is 10.0. The SMILES string of the molecule is O=C1C=CC=CC1=CC=C1C=C[NH+](Cc2ccccc2Cl)C=C1. The molecule has 2 aliphatic rings. The minimum absolute atomic E-state index is 0.0408. The Kier molecular flexibility index (Phi) is 4.86. The molecule has 1 aliphatic carbocycles. The molecule has 1 heterocycles. The van der Waals surface area contributed by atoms with Gasteiger partial charge in [-0.2, -0.15) is 0 Å². The normalized spacial score (nSPS) is 21.3. The topological polar surface area (TPSA) is 21.5 Å². The summed E-state index contributed by atoms with van der Waals surface area (Å²) in [5.74, 6) is 0.0408. The van der Waals surface area contributed by atoms with Crippen molar-refractivity contribution in [3.63, 3.8) is 0 Å². The zero-order valence-corrected chi connectivity index (χ0v) is 13.3. The molecule has 2 nitrogen and oxygen atoms in total. The number of halogens is 1. The van der Waals surface area contributed by atoms with E-state index in [1.165, 1.54) is 4.90 Å². The monoisotopic (exact) mass is 322 g/mol. The van der Waals surface area contributed by atoms with Crippen LogP contribution in [0.3, 0.4) is 0 Å².